The molecule has 0 fully saturated rings. The number of aromatic nitrogens is 3. The van der Waals surface area contributed by atoms with Crippen LogP contribution < -0.4 is 4.90 Å². The van der Waals surface area contributed by atoms with E-state index in [2.05, 4.69) is 29.9 Å². The molecule has 2 aromatic heterocycles. The first kappa shape index (κ1) is 14.9. The Labute approximate surface area is 135 Å². The van der Waals surface area contributed by atoms with Crippen LogP contribution in [0.4, 0.5) is 5.69 Å². The standard InChI is InChI=1S/C17H19ClN4/c1-4-22(5-2)16-10-15(12-6-8-13(18)9-7-12)19-17-14(16)11-21(3)20-17/h6-11H,4-5H2,1-3H3. The maximum atomic E-state index is 5.98. The van der Waals surface area contributed by atoms with Crippen molar-refractivity contribution in [3.63, 3.8) is 0 Å². The molecule has 5 heteroatoms. The molecule has 0 saturated heterocycles. The minimum absolute atomic E-state index is 0.728. The van der Waals surface area contributed by atoms with Crippen LogP contribution in [0.25, 0.3) is 22.3 Å². The van der Waals surface area contributed by atoms with Crippen molar-refractivity contribution < 1.29 is 0 Å². The van der Waals surface area contributed by atoms with Crippen molar-refractivity contribution in [1.82, 2.24) is 14.8 Å². The van der Waals surface area contributed by atoms with Crippen molar-refractivity contribution in [2.75, 3.05) is 18.0 Å². The van der Waals surface area contributed by atoms with E-state index in [-0.39, 0.29) is 0 Å². The zero-order chi connectivity index (χ0) is 15.7. The normalized spacial score (nSPS) is 11.1. The number of anilines is 1. The molecule has 0 unspecified atom stereocenters. The van der Waals surface area contributed by atoms with E-state index in [1.165, 1.54) is 5.69 Å². The van der Waals surface area contributed by atoms with Gasteiger partial charge >= 0.3 is 0 Å². The highest BCUT2D eigenvalue weighted by Gasteiger charge is 2.14. The van der Waals surface area contributed by atoms with Gasteiger partial charge in [0.2, 0.25) is 0 Å². The van der Waals surface area contributed by atoms with Crippen LogP contribution in [-0.2, 0) is 7.05 Å². The summed E-state index contributed by atoms with van der Waals surface area (Å²) in [6, 6.07) is 9.90. The van der Waals surface area contributed by atoms with Gasteiger partial charge in [-0.15, -0.1) is 0 Å². The third kappa shape index (κ3) is 2.66. The summed E-state index contributed by atoms with van der Waals surface area (Å²) >= 11 is 5.98. The molecule has 0 atom stereocenters. The molecule has 0 aliphatic heterocycles. The van der Waals surface area contributed by atoms with Crippen LogP contribution in [0.5, 0.6) is 0 Å². The van der Waals surface area contributed by atoms with Gasteiger partial charge in [-0.2, -0.15) is 5.10 Å². The highest BCUT2D eigenvalue weighted by atomic mass is 35.5. The molecule has 0 amide bonds. The van der Waals surface area contributed by atoms with Gasteiger partial charge in [-0.05, 0) is 32.0 Å². The fourth-order valence-electron chi connectivity index (χ4n) is 2.69. The van der Waals surface area contributed by atoms with Crippen molar-refractivity contribution in [3.8, 4) is 11.3 Å². The van der Waals surface area contributed by atoms with Crippen molar-refractivity contribution in [1.29, 1.82) is 0 Å². The Hall–Kier alpha value is -2.07. The lowest BCUT2D eigenvalue weighted by atomic mass is 10.1. The lowest BCUT2D eigenvalue weighted by Gasteiger charge is -2.22. The van der Waals surface area contributed by atoms with Crippen LogP contribution in [0, 0.1) is 0 Å². The number of hydrogen-bond donors (Lipinski definition) is 0. The van der Waals surface area contributed by atoms with Crippen molar-refractivity contribution >= 4 is 28.3 Å². The molecule has 0 N–H and O–H groups in total. The van der Waals surface area contributed by atoms with Gasteiger partial charge in [0.05, 0.1) is 16.8 Å². The molecule has 0 bridgehead atoms. The van der Waals surface area contributed by atoms with Crippen molar-refractivity contribution in [2.45, 2.75) is 13.8 Å². The van der Waals surface area contributed by atoms with E-state index in [0.717, 1.165) is 40.4 Å². The quantitative estimate of drug-likeness (QED) is 0.726. The maximum Gasteiger partial charge on any atom is 0.183 e. The molecule has 0 saturated carbocycles. The maximum absolute atomic E-state index is 5.98. The van der Waals surface area contributed by atoms with E-state index >= 15 is 0 Å². The second-order valence-corrected chi connectivity index (χ2v) is 5.68. The van der Waals surface area contributed by atoms with E-state index in [1.807, 2.05) is 42.2 Å². The number of halogens is 1. The van der Waals surface area contributed by atoms with Crippen LogP contribution in [0.1, 0.15) is 13.8 Å². The topological polar surface area (TPSA) is 34.0 Å². The van der Waals surface area contributed by atoms with E-state index in [9.17, 15) is 0 Å². The summed E-state index contributed by atoms with van der Waals surface area (Å²) in [5.41, 5.74) is 3.92. The van der Waals surface area contributed by atoms with E-state index in [1.54, 1.807) is 0 Å². The summed E-state index contributed by atoms with van der Waals surface area (Å²) in [6.45, 7) is 6.22. The molecular weight excluding hydrogens is 296 g/mol. The molecule has 0 aliphatic rings. The first-order valence-corrected chi connectivity index (χ1v) is 7.85. The molecule has 3 aromatic rings. The lowest BCUT2D eigenvalue weighted by Crippen LogP contribution is -2.22. The van der Waals surface area contributed by atoms with Gasteiger partial charge < -0.3 is 4.90 Å². The summed E-state index contributed by atoms with van der Waals surface area (Å²) in [6.07, 6.45) is 2.03. The molecule has 0 spiro atoms. The summed E-state index contributed by atoms with van der Waals surface area (Å²) in [4.78, 5) is 7.03. The smallest absolute Gasteiger partial charge is 0.183 e. The lowest BCUT2D eigenvalue weighted by molar-refractivity contribution is 0.776. The minimum Gasteiger partial charge on any atom is -0.371 e. The molecule has 0 radical (unpaired) electrons. The Kier molecular flexibility index (Phi) is 4.03. The van der Waals surface area contributed by atoms with Gasteiger partial charge in [-0.3, -0.25) is 4.68 Å². The van der Waals surface area contributed by atoms with Gasteiger partial charge in [0.15, 0.2) is 5.65 Å². The fourth-order valence-corrected chi connectivity index (χ4v) is 2.81. The highest BCUT2D eigenvalue weighted by Crippen LogP contribution is 2.30. The average molecular weight is 315 g/mol. The second-order valence-electron chi connectivity index (χ2n) is 5.25. The number of rotatable bonds is 4. The van der Waals surface area contributed by atoms with Gasteiger partial charge in [0.25, 0.3) is 0 Å². The molecule has 114 valence electrons. The largest absolute Gasteiger partial charge is 0.371 e. The number of hydrogen-bond acceptors (Lipinski definition) is 3. The zero-order valence-corrected chi connectivity index (χ0v) is 13.8. The summed E-state index contributed by atoms with van der Waals surface area (Å²) < 4.78 is 1.82. The third-order valence-electron chi connectivity index (χ3n) is 3.83. The van der Waals surface area contributed by atoms with Crippen LogP contribution in [0.15, 0.2) is 36.5 Å². The van der Waals surface area contributed by atoms with E-state index in [4.69, 9.17) is 16.6 Å². The highest BCUT2D eigenvalue weighted by molar-refractivity contribution is 6.30. The molecule has 2 heterocycles. The van der Waals surface area contributed by atoms with Crippen molar-refractivity contribution in [3.05, 3.63) is 41.6 Å². The zero-order valence-electron chi connectivity index (χ0n) is 13.0. The van der Waals surface area contributed by atoms with Gasteiger partial charge in [-0.1, -0.05) is 23.7 Å². The number of fused-ring (bicyclic) bond motifs is 1. The first-order chi connectivity index (χ1) is 10.6. The Balaban J connectivity index is 2.21. The van der Waals surface area contributed by atoms with Crippen molar-refractivity contribution in [2.24, 2.45) is 7.05 Å². The number of pyridine rings is 1. The number of aryl methyl sites for hydroxylation is 1. The SMILES string of the molecule is CCN(CC)c1cc(-c2ccc(Cl)cc2)nc2nn(C)cc12. The third-order valence-corrected chi connectivity index (χ3v) is 4.08. The Morgan fingerprint density at radius 3 is 2.45 bits per heavy atom. The van der Waals surface area contributed by atoms with Gasteiger partial charge in [-0.25, -0.2) is 4.98 Å². The summed E-state index contributed by atoms with van der Waals surface area (Å²) in [5.74, 6) is 0. The predicted molar refractivity (Wildman–Crippen MR) is 92.5 cm³/mol. The van der Waals surface area contributed by atoms with Crippen LogP contribution in [-0.4, -0.2) is 27.9 Å². The molecule has 4 nitrogen and oxygen atoms in total. The fraction of sp³-hybridized carbons (Fsp3) is 0.294. The predicted octanol–water partition coefficient (Wildman–Crippen LogP) is 4.13. The Morgan fingerprint density at radius 2 is 1.82 bits per heavy atom. The first-order valence-electron chi connectivity index (χ1n) is 7.47. The second kappa shape index (κ2) is 5.97. The number of nitrogens with zero attached hydrogens (tertiary/aromatic N) is 4. The van der Waals surface area contributed by atoms with Gasteiger partial charge in [0.1, 0.15) is 0 Å². The molecular formula is C17H19ClN4. The summed E-state index contributed by atoms with van der Waals surface area (Å²) in [5, 5.41) is 6.30. The molecule has 22 heavy (non-hydrogen) atoms. The van der Waals surface area contributed by atoms with E-state index < -0.39 is 0 Å². The monoisotopic (exact) mass is 314 g/mol. The molecule has 3 rings (SSSR count). The van der Waals surface area contributed by atoms with Crippen LogP contribution in [0.2, 0.25) is 5.02 Å². The number of benzene rings is 1. The summed E-state index contributed by atoms with van der Waals surface area (Å²) in [7, 11) is 1.93. The average Bonchev–Trinajstić information content (AvgIpc) is 2.89. The van der Waals surface area contributed by atoms with Gasteiger partial charge in [0, 0.05) is 36.9 Å². The van der Waals surface area contributed by atoms with E-state index in [0.29, 0.717) is 0 Å². The van der Waals surface area contributed by atoms with Crippen LogP contribution in [0.3, 0.4) is 0 Å². The molecule has 0 aliphatic carbocycles. The Morgan fingerprint density at radius 1 is 1.14 bits per heavy atom. The molecule has 1 aromatic carbocycles. The van der Waals surface area contributed by atoms with Crippen LogP contribution >= 0.6 is 11.6 Å². The Bertz CT molecular complexity index is 788. The minimum atomic E-state index is 0.728.